The van der Waals surface area contributed by atoms with Gasteiger partial charge in [0.25, 0.3) is 5.91 Å². The van der Waals surface area contributed by atoms with E-state index in [0.717, 1.165) is 6.42 Å². The van der Waals surface area contributed by atoms with Crippen molar-refractivity contribution >= 4 is 5.91 Å². The standard InChI is InChI=1S/C17H19NO2/c1-20-13-16(12-14-8-4-2-5-9-14)18-17(19)15-10-6-3-7-11-15/h2-11,16H,12-13H2,1H3,(H,18,19). The van der Waals surface area contributed by atoms with Crippen molar-refractivity contribution in [3.63, 3.8) is 0 Å². The van der Waals surface area contributed by atoms with Crippen molar-refractivity contribution in [3.8, 4) is 0 Å². The molecule has 1 unspecified atom stereocenters. The highest BCUT2D eigenvalue weighted by Gasteiger charge is 2.14. The van der Waals surface area contributed by atoms with E-state index in [0.29, 0.717) is 12.2 Å². The summed E-state index contributed by atoms with van der Waals surface area (Å²) in [5.41, 5.74) is 1.85. The first-order chi connectivity index (χ1) is 9.79. The van der Waals surface area contributed by atoms with Gasteiger partial charge in [-0.2, -0.15) is 0 Å². The van der Waals surface area contributed by atoms with E-state index in [2.05, 4.69) is 17.4 Å². The van der Waals surface area contributed by atoms with Crippen molar-refractivity contribution < 1.29 is 9.53 Å². The molecule has 0 aliphatic rings. The highest BCUT2D eigenvalue weighted by atomic mass is 16.5. The van der Waals surface area contributed by atoms with Gasteiger partial charge in [-0.3, -0.25) is 4.79 Å². The van der Waals surface area contributed by atoms with Crippen LogP contribution in [0.3, 0.4) is 0 Å². The first kappa shape index (κ1) is 14.3. The Bertz CT molecular complexity index is 525. The molecule has 1 atom stereocenters. The van der Waals surface area contributed by atoms with Crippen LogP contribution in [0.1, 0.15) is 15.9 Å². The molecule has 104 valence electrons. The summed E-state index contributed by atoms with van der Waals surface area (Å²) in [6.45, 7) is 0.494. The van der Waals surface area contributed by atoms with Crippen LogP contribution in [-0.4, -0.2) is 25.7 Å². The van der Waals surface area contributed by atoms with Gasteiger partial charge in [-0.05, 0) is 24.1 Å². The molecule has 3 nitrogen and oxygen atoms in total. The van der Waals surface area contributed by atoms with Gasteiger partial charge in [-0.25, -0.2) is 0 Å². The van der Waals surface area contributed by atoms with Crippen LogP contribution in [0, 0.1) is 0 Å². The first-order valence-corrected chi connectivity index (χ1v) is 6.68. The molecule has 0 aromatic heterocycles. The number of hydrogen-bond donors (Lipinski definition) is 1. The smallest absolute Gasteiger partial charge is 0.251 e. The number of ether oxygens (including phenoxy) is 1. The fourth-order valence-corrected chi connectivity index (χ4v) is 2.11. The minimum atomic E-state index is -0.0661. The largest absolute Gasteiger partial charge is 0.383 e. The maximum atomic E-state index is 12.2. The lowest BCUT2D eigenvalue weighted by Crippen LogP contribution is -2.39. The van der Waals surface area contributed by atoms with Crippen molar-refractivity contribution in [2.45, 2.75) is 12.5 Å². The molecular weight excluding hydrogens is 250 g/mol. The molecule has 3 heteroatoms. The van der Waals surface area contributed by atoms with Crippen LogP contribution >= 0.6 is 0 Å². The topological polar surface area (TPSA) is 38.3 Å². The van der Waals surface area contributed by atoms with Crippen molar-refractivity contribution in [3.05, 3.63) is 71.8 Å². The summed E-state index contributed by atoms with van der Waals surface area (Å²) in [4.78, 5) is 12.2. The molecular formula is C17H19NO2. The van der Waals surface area contributed by atoms with Crippen LogP contribution in [0.15, 0.2) is 60.7 Å². The molecule has 2 aromatic carbocycles. The maximum Gasteiger partial charge on any atom is 0.251 e. The average Bonchev–Trinajstić information content (AvgIpc) is 2.49. The number of benzene rings is 2. The summed E-state index contributed by atoms with van der Waals surface area (Å²) in [6, 6.07) is 19.3. The molecule has 1 N–H and O–H groups in total. The molecule has 0 fully saturated rings. The molecule has 0 heterocycles. The monoisotopic (exact) mass is 269 g/mol. The van der Waals surface area contributed by atoms with Gasteiger partial charge in [-0.15, -0.1) is 0 Å². The second-order valence-electron chi connectivity index (χ2n) is 4.68. The minimum absolute atomic E-state index is 0.0323. The molecule has 1 amide bonds. The highest BCUT2D eigenvalue weighted by molar-refractivity contribution is 5.94. The van der Waals surface area contributed by atoms with Crippen LogP contribution in [0.4, 0.5) is 0 Å². The van der Waals surface area contributed by atoms with Crippen molar-refractivity contribution in [2.75, 3.05) is 13.7 Å². The van der Waals surface area contributed by atoms with Crippen LogP contribution in [0.2, 0.25) is 0 Å². The molecule has 0 aliphatic heterocycles. The molecule has 2 rings (SSSR count). The van der Waals surface area contributed by atoms with Gasteiger partial charge >= 0.3 is 0 Å². The third-order valence-corrected chi connectivity index (χ3v) is 3.06. The van der Waals surface area contributed by atoms with Crippen LogP contribution in [0.25, 0.3) is 0 Å². The summed E-state index contributed by atoms with van der Waals surface area (Å²) < 4.78 is 5.20. The van der Waals surface area contributed by atoms with E-state index in [1.54, 1.807) is 7.11 Å². The zero-order chi connectivity index (χ0) is 14.2. The number of methoxy groups -OCH3 is 1. The van der Waals surface area contributed by atoms with Gasteiger partial charge in [0.2, 0.25) is 0 Å². The normalized spacial score (nSPS) is 11.8. The Morgan fingerprint density at radius 3 is 2.25 bits per heavy atom. The Hall–Kier alpha value is -2.13. The van der Waals surface area contributed by atoms with Gasteiger partial charge in [0, 0.05) is 12.7 Å². The first-order valence-electron chi connectivity index (χ1n) is 6.68. The Balaban J connectivity index is 2.00. The summed E-state index contributed by atoms with van der Waals surface area (Å²) >= 11 is 0. The number of amides is 1. The van der Waals surface area contributed by atoms with Gasteiger partial charge < -0.3 is 10.1 Å². The zero-order valence-corrected chi connectivity index (χ0v) is 11.6. The number of carbonyl (C=O) groups excluding carboxylic acids is 1. The summed E-state index contributed by atoms with van der Waals surface area (Å²) in [5, 5.41) is 3.02. The van der Waals surface area contributed by atoms with E-state index in [1.165, 1.54) is 5.56 Å². The lowest BCUT2D eigenvalue weighted by molar-refractivity contribution is 0.0897. The Morgan fingerprint density at radius 1 is 1.05 bits per heavy atom. The Kier molecular flexibility index (Phi) is 5.33. The molecule has 0 radical (unpaired) electrons. The lowest BCUT2D eigenvalue weighted by atomic mass is 10.1. The summed E-state index contributed by atoms with van der Waals surface area (Å²) in [5.74, 6) is -0.0661. The summed E-state index contributed by atoms with van der Waals surface area (Å²) in [6.07, 6.45) is 0.757. The second kappa shape index (κ2) is 7.46. The predicted molar refractivity (Wildman–Crippen MR) is 79.7 cm³/mol. The van der Waals surface area contributed by atoms with E-state index >= 15 is 0 Å². The molecule has 2 aromatic rings. The quantitative estimate of drug-likeness (QED) is 0.875. The van der Waals surface area contributed by atoms with E-state index in [9.17, 15) is 4.79 Å². The number of rotatable bonds is 6. The summed E-state index contributed by atoms with van der Waals surface area (Å²) in [7, 11) is 1.65. The van der Waals surface area contributed by atoms with Crippen molar-refractivity contribution in [2.24, 2.45) is 0 Å². The number of nitrogens with one attached hydrogen (secondary N) is 1. The molecule has 0 saturated carbocycles. The highest BCUT2D eigenvalue weighted by Crippen LogP contribution is 2.05. The fraction of sp³-hybridized carbons (Fsp3) is 0.235. The molecule has 0 aliphatic carbocycles. The second-order valence-corrected chi connectivity index (χ2v) is 4.68. The Morgan fingerprint density at radius 2 is 1.65 bits per heavy atom. The third-order valence-electron chi connectivity index (χ3n) is 3.06. The van der Waals surface area contributed by atoms with Gasteiger partial charge in [0.1, 0.15) is 0 Å². The fourth-order valence-electron chi connectivity index (χ4n) is 2.11. The van der Waals surface area contributed by atoms with Crippen LogP contribution < -0.4 is 5.32 Å². The zero-order valence-electron chi connectivity index (χ0n) is 11.6. The van der Waals surface area contributed by atoms with Crippen molar-refractivity contribution in [1.29, 1.82) is 0 Å². The van der Waals surface area contributed by atoms with Crippen molar-refractivity contribution in [1.82, 2.24) is 5.32 Å². The van der Waals surface area contributed by atoms with E-state index in [-0.39, 0.29) is 11.9 Å². The SMILES string of the molecule is COCC(Cc1ccccc1)NC(=O)c1ccccc1. The number of carbonyl (C=O) groups is 1. The van der Waals surface area contributed by atoms with Gasteiger partial charge in [0.05, 0.1) is 12.6 Å². The third kappa shape index (κ3) is 4.21. The average molecular weight is 269 g/mol. The van der Waals surface area contributed by atoms with Gasteiger partial charge in [0.15, 0.2) is 0 Å². The molecule has 0 spiro atoms. The molecule has 20 heavy (non-hydrogen) atoms. The minimum Gasteiger partial charge on any atom is -0.383 e. The molecule has 0 saturated heterocycles. The Labute approximate surface area is 119 Å². The van der Waals surface area contributed by atoms with Crippen LogP contribution in [0.5, 0.6) is 0 Å². The molecule has 0 bridgehead atoms. The maximum absolute atomic E-state index is 12.2. The number of hydrogen-bond acceptors (Lipinski definition) is 2. The van der Waals surface area contributed by atoms with E-state index in [4.69, 9.17) is 4.74 Å². The van der Waals surface area contributed by atoms with Crippen LogP contribution in [-0.2, 0) is 11.2 Å². The lowest BCUT2D eigenvalue weighted by Gasteiger charge is -2.18. The predicted octanol–water partition coefficient (Wildman–Crippen LogP) is 2.67. The van der Waals surface area contributed by atoms with E-state index < -0.39 is 0 Å². The van der Waals surface area contributed by atoms with Gasteiger partial charge in [-0.1, -0.05) is 48.5 Å². The van der Waals surface area contributed by atoms with E-state index in [1.807, 2.05) is 48.5 Å².